The average Bonchev–Trinajstić information content (AvgIpc) is 3.18. The maximum absolute atomic E-state index is 13.3. The SMILES string of the molecule is CCCCCOc1ccc(/C(O)=C2\C(=O)C(=O)N(c3ccc(C)cc3)C2c2ccc(OCC)cc2)cc1. The number of ketones is 1. The van der Waals surface area contributed by atoms with Gasteiger partial charge in [-0.25, -0.2) is 0 Å². The van der Waals surface area contributed by atoms with Crippen molar-refractivity contribution in [3.8, 4) is 11.5 Å². The standard InChI is InChI=1S/C31H33NO5/c1-4-6-7-20-37-26-18-12-23(13-19-26)29(33)27-28(22-10-16-25(17-11-22)36-5-2)32(31(35)30(27)34)24-14-8-21(3)9-15-24/h8-19,28,33H,4-7,20H2,1-3H3/b29-27+. The van der Waals surface area contributed by atoms with E-state index in [1.165, 1.54) is 4.90 Å². The molecule has 0 radical (unpaired) electrons. The summed E-state index contributed by atoms with van der Waals surface area (Å²) >= 11 is 0. The van der Waals surface area contributed by atoms with E-state index in [1.807, 2.05) is 50.2 Å². The summed E-state index contributed by atoms with van der Waals surface area (Å²) in [7, 11) is 0. The maximum atomic E-state index is 13.3. The van der Waals surface area contributed by atoms with Crippen molar-refractivity contribution in [2.24, 2.45) is 0 Å². The average molecular weight is 500 g/mol. The molecule has 1 unspecified atom stereocenters. The number of benzene rings is 3. The number of carbonyl (C=O) groups is 2. The summed E-state index contributed by atoms with van der Waals surface area (Å²) in [5.41, 5.74) is 2.81. The lowest BCUT2D eigenvalue weighted by Gasteiger charge is -2.25. The predicted octanol–water partition coefficient (Wildman–Crippen LogP) is 6.59. The predicted molar refractivity (Wildman–Crippen MR) is 145 cm³/mol. The van der Waals surface area contributed by atoms with Gasteiger partial charge in [0.25, 0.3) is 11.7 Å². The number of ether oxygens (including phenoxy) is 2. The van der Waals surface area contributed by atoms with Gasteiger partial charge in [-0.1, -0.05) is 49.6 Å². The number of unbranched alkanes of at least 4 members (excludes halogenated alkanes) is 2. The number of anilines is 1. The van der Waals surface area contributed by atoms with E-state index in [0.717, 1.165) is 24.8 Å². The van der Waals surface area contributed by atoms with Crippen LogP contribution in [-0.2, 0) is 9.59 Å². The molecular formula is C31H33NO5. The molecule has 0 saturated carbocycles. The highest BCUT2D eigenvalue weighted by Crippen LogP contribution is 2.42. The van der Waals surface area contributed by atoms with E-state index >= 15 is 0 Å². The van der Waals surface area contributed by atoms with Crippen molar-refractivity contribution in [2.75, 3.05) is 18.1 Å². The van der Waals surface area contributed by atoms with Crippen LogP contribution in [0, 0.1) is 6.92 Å². The zero-order valence-electron chi connectivity index (χ0n) is 21.6. The first kappa shape index (κ1) is 26.0. The number of hydrogen-bond donors (Lipinski definition) is 1. The summed E-state index contributed by atoms with van der Waals surface area (Å²) in [6, 6.07) is 20.8. The minimum absolute atomic E-state index is 0.0475. The molecule has 1 aliphatic heterocycles. The van der Waals surface area contributed by atoms with Crippen LogP contribution < -0.4 is 14.4 Å². The quantitative estimate of drug-likeness (QED) is 0.147. The van der Waals surface area contributed by atoms with Crippen LogP contribution >= 0.6 is 0 Å². The number of amides is 1. The second-order valence-corrected chi connectivity index (χ2v) is 9.09. The topological polar surface area (TPSA) is 76.1 Å². The summed E-state index contributed by atoms with van der Waals surface area (Å²) in [6.07, 6.45) is 3.19. The summed E-state index contributed by atoms with van der Waals surface area (Å²) < 4.78 is 11.3. The lowest BCUT2D eigenvalue weighted by Crippen LogP contribution is -2.29. The van der Waals surface area contributed by atoms with Crippen LogP contribution in [0.25, 0.3) is 5.76 Å². The van der Waals surface area contributed by atoms with Crippen LogP contribution in [0.2, 0.25) is 0 Å². The van der Waals surface area contributed by atoms with Gasteiger partial charge in [0, 0.05) is 11.3 Å². The largest absolute Gasteiger partial charge is 0.507 e. The smallest absolute Gasteiger partial charge is 0.300 e. The van der Waals surface area contributed by atoms with E-state index < -0.39 is 17.7 Å². The van der Waals surface area contributed by atoms with Crippen molar-refractivity contribution >= 4 is 23.1 Å². The number of aliphatic hydroxyl groups is 1. The molecule has 4 rings (SSSR count). The molecule has 1 saturated heterocycles. The van der Waals surface area contributed by atoms with Gasteiger partial charge >= 0.3 is 0 Å². The van der Waals surface area contributed by atoms with Crippen LogP contribution in [0.1, 0.15) is 55.8 Å². The van der Waals surface area contributed by atoms with Gasteiger partial charge < -0.3 is 14.6 Å². The third-order valence-electron chi connectivity index (χ3n) is 6.41. The molecule has 192 valence electrons. The molecule has 0 aliphatic carbocycles. The minimum Gasteiger partial charge on any atom is -0.507 e. The fourth-order valence-electron chi connectivity index (χ4n) is 4.44. The molecule has 3 aromatic rings. The van der Waals surface area contributed by atoms with Crippen LogP contribution in [0.5, 0.6) is 11.5 Å². The monoisotopic (exact) mass is 499 g/mol. The van der Waals surface area contributed by atoms with E-state index in [9.17, 15) is 14.7 Å². The Morgan fingerprint density at radius 3 is 2.08 bits per heavy atom. The molecule has 1 heterocycles. The van der Waals surface area contributed by atoms with Crippen molar-refractivity contribution in [3.05, 3.63) is 95.1 Å². The number of nitrogens with zero attached hydrogens (tertiary/aromatic N) is 1. The Labute approximate surface area is 218 Å². The molecule has 3 aromatic carbocycles. The zero-order valence-corrected chi connectivity index (χ0v) is 21.6. The Balaban J connectivity index is 1.74. The first-order valence-electron chi connectivity index (χ1n) is 12.8. The van der Waals surface area contributed by atoms with Gasteiger partial charge in [-0.3, -0.25) is 14.5 Å². The van der Waals surface area contributed by atoms with Crippen LogP contribution in [0.15, 0.2) is 78.4 Å². The normalized spacial score (nSPS) is 16.7. The molecule has 0 aromatic heterocycles. The number of aliphatic hydroxyl groups excluding tert-OH is 1. The van der Waals surface area contributed by atoms with Crippen LogP contribution in [0.4, 0.5) is 5.69 Å². The molecule has 6 nitrogen and oxygen atoms in total. The van der Waals surface area contributed by atoms with Gasteiger partial charge in [0.2, 0.25) is 0 Å². The Bertz CT molecular complexity index is 1260. The molecule has 1 atom stereocenters. The molecule has 37 heavy (non-hydrogen) atoms. The van der Waals surface area contributed by atoms with Gasteiger partial charge in [-0.05, 0) is 74.4 Å². The Kier molecular flexibility index (Phi) is 8.29. The molecule has 1 aliphatic rings. The second kappa shape index (κ2) is 11.8. The van der Waals surface area contributed by atoms with Gasteiger partial charge in [0.05, 0.1) is 24.8 Å². The van der Waals surface area contributed by atoms with Crippen molar-refractivity contribution < 1.29 is 24.2 Å². The highest BCUT2D eigenvalue weighted by Gasteiger charge is 2.46. The van der Waals surface area contributed by atoms with E-state index in [-0.39, 0.29) is 11.3 Å². The first-order chi connectivity index (χ1) is 17.9. The van der Waals surface area contributed by atoms with Gasteiger partial charge in [-0.2, -0.15) is 0 Å². The van der Waals surface area contributed by atoms with Gasteiger partial charge in [0.15, 0.2) is 0 Å². The molecule has 1 N–H and O–H groups in total. The fraction of sp³-hybridized carbons (Fsp3) is 0.290. The Hall–Kier alpha value is -4.06. The van der Waals surface area contributed by atoms with Crippen molar-refractivity contribution in [2.45, 2.75) is 46.1 Å². The summed E-state index contributed by atoms with van der Waals surface area (Å²) in [5.74, 6) is -0.245. The Morgan fingerprint density at radius 1 is 0.838 bits per heavy atom. The molecular weight excluding hydrogens is 466 g/mol. The number of rotatable bonds is 10. The summed E-state index contributed by atoms with van der Waals surface area (Å²) in [5, 5.41) is 11.3. The Morgan fingerprint density at radius 2 is 1.46 bits per heavy atom. The van der Waals surface area contributed by atoms with Crippen LogP contribution in [-0.4, -0.2) is 30.0 Å². The molecule has 1 amide bonds. The third-order valence-corrected chi connectivity index (χ3v) is 6.41. The van der Waals surface area contributed by atoms with E-state index in [0.29, 0.717) is 41.5 Å². The lowest BCUT2D eigenvalue weighted by molar-refractivity contribution is -0.132. The van der Waals surface area contributed by atoms with Crippen molar-refractivity contribution in [3.63, 3.8) is 0 Å². The van der Waals surface area contributed by atoms with E-state index in [4.69, 9.17) is 9.47 Å². The van der Waals surface area contributed by atoms with Crippen LogP contribution in [0.3, 0.4) is 0 Å². The maximum Gasteiger partial charge on any atom is 0.300 e. The molecule has 1 fully saturated rings. The first-order valence-corrected chi connectivity index (χ1v) is 12.8. The zero-order chi connectivity index (χ0) is 26.4. The third kappa shape index (κ3) is 5.69. The fourth-order valence-corrected chi connectivity index (χ4v) is 4.44. The highest BCUT2D eigenvalue weighted by molar-refractivity contribution is 6.51. The van der Waals surface area contributed by atoms with E-state index in [1.54, 1.807) is 36.4 Å². The number of aryl methyl sites for hydroxylation is 1. The molecule has 6 heteroatoms. The molecule has 0 spiro atoms. The minimum atomic E-state index is -0.789. The number of hydrogen-bond acceptors (Lipinski definition) is 5. The second-order valence-electron chi connectivity index (χ2n) is 9.09. The van der Waals surface area contributed by atoms with E-state index in [2.05, 4.69) is 6.92 Å². The summed E-state index contributed by atoms with van der Waals surface area (Å²) in [6.45, 7) is 7.15. The highest BCUT2D eigenvalue weighted by atomic mass is 16.5. The van der Waals surface area contributed by atoms with Gasteiger partial charge in [-0.15, -0.1) is 0 Å². The number of Topliss-reactive ketones (excluding diaryl/α,β-unsaturated/α-hetero) is 1. The molecule has 0 bridgehead atoms. The lowest BCUT2D eigenvalue weighted by atomic mass is 9.95. The summed E-state index contributed by atoms with van der Waals surface area (Å²) in [4.78, 5) is 28.1. The van der Waals surface area contributed by atoms with Gasteiger partial charge in [0.1, 0.15) is 17.3 Å². The van der Waals surface area contributed by atoms with Crippen molar-refractivity contribution in [1.82, 2.24) is 0 Å². The number of carbonyl (C=O) groups excluding carboxylic acids is 2. The van der Waals surface area contributed by atoms with Crippen molar-refractivity contribution in [1.29, 1.82) is 0 Å².